The van der Waals surface area contributed by atoms with E-state index in [2.05, 4.69) is 10.0 Å². The van der Waals surface area contributed by atoms with Crippen LogP contribution >= 0.6 is 11.6 Å². The summed E-state index contributed by atoms with van der Waals surface area (Å²) in [7, 11) is -4.05. The van der Waals surface area contributed by atoms with E-state index < -0.39 is 15.9 Å². The average Bonchev–Trinajstić information content (AvgIpc) is 3.13. The van der Waals surface area contributed by atoms with E-state index in [9.17, 15) is 18.0 Å². The highest BCUT2D eigenvalue weighted by atomic mass is 35.5. The molecule has 0 spiro atoms. The number of para-hydroxylation sites is 1. The Morgan fingerprint density at radius 2 is 1.61 bits per heavy atom. The highest BCUT2D eigenvalue weighted by molar-refractivity contribution is 7.92. The minimum Gasteiger partial charge on any atom is -0.339 e. The monoisotopic (exact) mass is 525 g/mol. The van der Waals surface area contributed by atoms with Crippen molar-refractivity contribution in [3.8, 4) is 0 Å². The van der Waals surface area contributed by atoms with Crippen molar-refractivity contribution >= 4 is 44.8 Å². The third-order valence-corrected chi connectivity index (χ3v) is 7.92. The fourth-order valence-corrected chi connectivity index (χ4v) is 5.76. The second-order valence-corrected chi connectivity index (χ2v) is 10.9. The maximum Gasteiger partial charge on any atom is 0.263 e. The van der Waals surface area contributed by atoms with Crippen molar-refractivity contribution in [1.82, 2.24) is 4.90 Å². The first-order valence-corrected chi connectivity index (χ1v) is 13.7. The molecule has 1 saturated heterocycles. The van der Waals surface area contributed by atoms with Crippen LogP contribution in [0.5, 0.6) is 0 Å². The highest BCUT2D eigenvalue weighted by Crippen LogP contribution is 2.27. The molecule has 36 heavy (non-hydrogen) atoms. The molecule has 3 aromatic rings. The van der Waals surface area contributed by atoms with Crippen LogP contribution in [-0.2, 0) is 10.0 Å². The Kier molecular flexibility index (Phi) is 7.96. The summed E-state index contributed by atoms with van der Waals surface area (Å²) in [6.07, 6.45) is 4.11. The van der Waals surface area contributed by atoms with E-state index in [1.807, 2.05) is 17.9 Å². The number of halogens is 1. The molecule has 0 atom stereocenters. The van der Waals surface area contributed by atoms with E-state index in [0.717, 1.165) is 31.2 Å². The number of anilines is 2. The Morgan fingerprint density at radius 3 is 2.33 bits per heavy atom. The SMILES string of the molecule is Cc1cccc(NS(=O)(=O)c2cc(C(=O)Nc3ccccc3C(=O)N3CCCCCC3)ccc2Cl)c1. The van der Waals surface area contributed by atoms with Gasteiger partial charge in [0.1, 0.15) is 4.90 Å². The zero-order valence-corrected chi connectivity index (χ0v) is 21.5. The number of nitrogens with zero attached hydrogens (tertiary/aromatic N) is 1. The Morgan fingerprint density at radius 1 is 0.889 bits per heavy atom. The number of sulfonamides is 1. The van der Waals surface area contributed by atoms with Crippen LogP contribution in [0.1, 0.15) is 52.0 Å². The predicted octanol–water partition coefficient (Wildman–Crippen LogP) is 5.72. The lowest BCUT2D eigenvalue weighted by molar-refractivity contribution is 0.0762. The van der Waals surface area contributed by atoms with Crippen molar-refractivity contribution in [2.24, 2.45) is 0 Å². The van der Waals surface area contributed by atoms with Crippen LogP contribution in [0.3, 0.4) is 0 Å². The van der Waals surface area contributed by atoms with Gasteiger partial charge in [0.15, 0.2) is 0 Å². The van der Waals surface area contributed by atoms with E-state index in [-0.39, 0.29) is 21.4 Å². The smallest absolute Gasteiger partial charge is 0.263 e. The van der Waals surface area contributed by atoms with E-state index in [0.29, 0.717) is 30.0 Å². The fourth-order valence-electron chi connectivity index (χ4n) is 4.19. The maximum atomic E-state index is 13.2. The molecule has 2 amide bonds. The number of rotatable bonds is 6. The molecule has 0 bridgehead atoms. The number of nitrogens with one attached hydrogen (secondary N) is 2. The van der Waals surface area contributed by atoms with Crippen LogP contribution in [-0.4, -0.2) is 38.2 Å². The van der Waals surface area contributed by atoms with Crippen LogP contribution in [0, 0.1) is 6.92 Å². The molecule has 188 valence electrons. The van der Waals surface area contributed by atoms with Gasteiger partial charge in [-0.1, -0.05) is 48.7 Å². The zero-order valence-electron chi connectivity index (χ0n) is 20.0. The first-order valence-electron chi connectivity index (χ1n) is 11.8. The number of aryl methyl sites for hydroxylation is 1. The molecule has 1 aliphatic rings. The van der Waals surface area contributed by atoms with Gasteiger partial charge in [-0.15, -0.1) is 0 Å². The van der Waals surface area contributed by atoms with Crippen LogP contribution in [0.25, 0.3) is 0 Å². The van der Waals surface area contributed by atoms with Gasteiger partial charge in [-0.25, -0.2) is 8.42 Å². The number of amides is 2. The number of hydrogen-bond donors (Lipinski definition) is 2. The third-order valence-electron chi connectivity index (χ3n) is 6.05. The van der Waals surface area contributed by atoms with Gasteiger partial charge in [0, 0.05) is 24.3 Å². The molecule has 0 saturated carbocycles. The molecule has 0 aliphatic carbocycles. The first kappa shape index (κ1) is 25.7. The number of carbonyl (C=O) groups excluding carboxylic acids is 2. The number of carbonyl (C=O) groups is 2. The molecule has 2 N–H and O–H groups in total. The van der Waals surface area contributed by atoms with Crippen molar-refractivity contribution in [3.63, 3.8) is 0 Å². The van der Waals surface area contributed by atoms with Crippen LogP contribution in [0.4, 0.5) is 11.4 Å². The molecular formula is C27H28ClN3O4S. The van der Waals surface area contributed by atoms with Crippen molar-refractivity contribution in [2.75, 3.05) is 23.1 Å². The molecule has 9 heteroatoms. The molecule has 1 fully saturated rings. The van der Waals surface area contributed by atoms with Gasteiger partial charge in [0.2, 0.25) is 0 Å². The summed E-state index contributed by atoms with van der Waals surface area (Å²) >= 11 is 6.21. The number of hydrogen-bond acceptors (Lipinski definition) is 4. The molecule has 4 rings (SSSR count). The van der Waals surface area contributed by atoms with Gasteiger partial charge < -0.3 is 10.2 Å². The lowest BCUT2D eigenvalue weighted by atomic mass is 10.1. The van der Waals surface area contributed by atoms with Gasteiger partial charge >= 0.3 is 0 Å². The summed E-state index contributed by atoms with van der Waals surface area (Å²) in [5, 5.41) is 2.76. The lowest BCUT2D eigenvalue weighted by Crippen LogP contribution is -2.32. The zero-order chi connectivity index (χ0) is 25.7. The molecule has 1 heterocycles. The summed E-state index contributed by atoms with van der Waals surface area (Å²) in [5.74, 6) is -0.677. The standard InChI is InChI=1S/C27H28ClN3O4S/c1-19-9-8-10-21(17-19)30-36(34,35)25-18-20(13-14-23(25)28)26(32)29-24-12-5-4-11-22(24)27(33)31-15-6-2-3-7-16-31/h4-5,8-14,17-18,30H,2-3,6-7,15-16H2,1H3,(H,29,32). The predicted molar refractivity (Wildman–Crippen MR) is 142 cm³/mol. The first-order chi connectivity index (χ1) is 17.2. The summed E-state index contributed by atoms with van der Waals surface area (Å²) in [5.41, 5.74) is 2.15. The normalized spacial score (nSPS) is 14.1. The molecule has 0 unspecified atom stereocenters. The average molecular weight is 526 g/mol. The van der Waals surface area contributed by atoms with Gasteiger partial charge in [0.25, 0.3) is 21.8 Å². The van der Waals surface area contributed by atoms with Crippen LogP contribution in [0.15, 0.2) is 71.6 Å². The van der Waals surface area contributed by atoms with Crippen molar-refractivity contribution in [3.05, 3.63) is 88.4 Å². The topological polar surface area (TPSA) is 95.6 Å². The van der Waals surface area contributed by atoms with Crippen molar-refractivity contribution < 1.29 is 18.0 Å². The maximum absolute atomic E-state index is 13.2. The van der Waals surface area contributed by atoms with E-state index in [1.165, 1.54) is 18.2 Å². The second kappa shape index (κ2) is 11.1. The summed E-state index contributed by atoms with van der Waals surface area (Å²) < 4.78 is 28.6. The lowest BCUT2D eigenvalue weighted by Gasteiger charge is -2.22. The molecular weight excluding hydrogens is 498 g/mol. The Labute approximate surface area is 216 Å². The minimum absolute atomic E-state index is 0.0107. The van der Waals surface area contributed by atoms with E-state index in [1.54, 1.807) is 42.5 Å². The highest BCUT2D eigenvalue weighted by Gasteiger charge is 2.23. The van der Waals surface area contributed by atoms with Gasteiger partial charge in [-0.2, -0.15) is 0 Å². The Hall–Kier alpha value is -3.36. The quantitative estimate of drug-likeness (QED) is 0.430. The molecule has 0 aromatic heterocycles. The molecule has 3 aromatic carbocycles. The largest absolute Gasteiger partial charge is 0.339 e. The van der Waals surface area contributed by atoms with E-state index in [4.69, 9.17) is 11.6 Å². The minimum atomic E-state index is -4.05. The molecule has 1 aliphatic heterocycles. The molecule has 7 nitrogen and oxygen atoms in total. The third kappa shape index (κ3) is 6.06. The number of benzene rings is 3. The van der Waals surface area contributed by atoms with Crippen LogP contribution in [0.2, 0.25) is 5.02 Å². The number of likely N-dealkylation sites (tertiary alicyclic amines) is 1. The van der Waals surface area contributed by atoms with Gasteiger partial charge in [-0.05, 0) is 67.8 Å². The summed E-state index contributed by atoms with van der Waals surface area (Å²) in [6.45, 7) is 3.23. The summed E-state index contributed by atoms with van der Waals surface area (Å²) in [6, 6.07) is 17.8. The van der Waals surface area contributed by atoms with Gasteiger partial charge in [-0.3, -0.25) is 14.3 Å². The second-order valence-electron chi connectivity index (χ2n) is 8.83. The fraction of sp³-hybridized carbons (Fsp3) is 0.259. The van der Waals surface area contributed by atoms with E-state index >= 15 is 0 Å². The van der Waals surface area contributed by atoms with Crippen LogP contribution < -0.4 is 10.0 Å². The van der Waals surface area contributed by atoms with Crippen molar-refractivity contribution in [2.45, 2.75) is 37.5 Å². The van der Waals surface area contributed by atoms with Crippen molar-refractivity contribution in [1.29, 1.82) is 0 Å². The van der Waals surface area contributed by atoms with Gasteiger partial charge in [0.05, 0.1) is 16.3 Å². The summed E-state index contributed by atoms with van der Waals surface area (Å²) in [4.78, 5) is 27.9. The molecule has 0 radical (unpaired) electrons. The Balaban J connectivity index is 1.57. The Bertz CT molecular complexity index is 1380.